The number of aromatic amines is 1. The van der Waals surface area contributed by atoms with Crippen molar-refractivity contribution in [3.63, 3.8) is 0 Å². The molecule has 0 spiro atoms. The van der Waals surface area contributed by atoms with Gasteiger partial charge in [0.05, 0.1) is 6.10 Å². The maximum absolute atomic E-state index is 5.62. The Morgan fingerprint density at radius 3 is 2.92 bits per heavy atom. The summed E-state index contributed by atoms with van der Waals surface area (Å²) in [5.74, 6) is 1.67. The van der Waals surface area contributed by atoms with Crippen LogP contribution in [0, 0.1) is 0 Å². The van der Waals surface area contributed by atoms with Crippen molar-refractivity contribution in [1.82, 2.24) is 15.0 Å². The average Bonchev–Trinajstić information content (AvgIpc) is 3.31. The largest absolute Gasteiger partial charge is 0.376 e. The minimum absolute atomic E-state index is 0.299. The zero-order chi connectivity index (χ0) is 16.9. The summed E-state index contributed by atoms with van der Waals surface area (Å²) >= 11 is 0. The third-order valence-electron chi connectivity index (χ3n) is 4.58. The van der Waals surface area contributed by atoms with E-state index in [0.717, 1.165) is 50.6 Å². The first-order chi connectivity index (χ1) is 12.4. The van der Waals surface area contributed by atoms with E-state index in [-0.39, 0.29) is 0 Å². The molecule has 6 nitrogen and oxygen atoms in total. The second kappa shape index (κ2) is 7.53. The van der Waals surface area contributed by atoms with Gasteiger partial charge >= 0.3 is 0 Å². The highest BCUT2D eigenvalue weighted by Crippen LogP contribution is 2.18. The number of aromatic nitrogens is 3. The van der Waals surface area contributed by atoms with Crippen LogP contribution in [0.3, 0.4) is 0 Å². The van der Waals surface area contributed by atoms with Gasteiger partial charge in [0, 0.05) is 42.9 Å². The van der Waals surface area contributed by atoms with Gasteiger partial charge < -0.3 is 20.4 Å². The molecule has 1 aliphatic rings. The topological polar surface area (TPSA) is 74.9 Å². The van der Waals surface area contributed by atoms with Crippen LogP contribution < -0.4 is 10.6 Å². The van der Waals surface area contributed by atoms with Crippen molar-refractivity contribution < 1.29 is 4.74 Å². The minimum Gasteiger partial charge on any atom is -0.376 e. The smallest absolute Gasteiger partial charge is 0.131 e. The lowest BCUT2D eigenvalue weighted by atomic mass is 10.1. The number of anilines is 2. The second-order valence-corrected chi connectivity index (χ2v) is 6.34. The van der Waals surface area contributed by atoms with E-state index in [2.05, 4.69) is 50.0 Å². The van der Waals surface area contributed by atoms with Gasteiger partial charge in [-0.2, -0.15) is 0 Å². The molecule has 4 rings (SSSR count). The maximum atomic E-state index is 5.62. The molecular formula is C19H23N5O. The van der Waals surface area contributed by atoms with Crippen molar-refractivity contribution in [2.24, 2.45) is 0 Å². The van der Waals surface area contributed by atoms with Crippen molar-refractivity contribution in [2.45, 2.75) is 25.4 Å². The van der Waals surface area contributed by atoms with Crippen LogP contribution >= 0.6 is 0 Å². The second-order valence-electron chi connectivity index (χ2n) is 6.34. The first kappa shape index (κ1) is 15.9. The monoisotopic (exact) mass is 337 g/mol. The molecule has 25 heavy (non-hydrogen) atoms. The zero-order valence-electron chi connectivity index (χ0n) is 14.2. The van der Waals surface area contributed by atoms with E-state index in [4.69, 9.17) is 4.74 Å². The molecule has 2 aromatic heterocycles. The molecule has 1 aliphatic heterocycles. The minimum atomic E-state index is 0.299. The molecule has 0 radical (unpaired) electrons. The Balaban J connectivity index is 1.31. The molecule has 1 atom stereocenters. The van der Waals surface area contributed by atoms with Gasteiger partial charge in [-0.05, 0) is 30.9 Å². The molecule has 1 aromatic carbocycles. The molecular weight excluding hydrogens is 314 g/mol. The Bertz CT molecular complexity index is 825. The number of H-pyrrole nitrogens is 1. The predicted molar refractivity (Wildman–Crippen MR) is 100.0 cm³/mol. The van der Waals surface area contributed by atoms with Gasteiger partial charge in [0.25, 0.3) is 0 Å². The lowest BCUT2D eigenvalue weighted by Crippen LogP contribution is -2.19. The lowest BCUT2D eigenvalue weighted by Gasteiger charge is -2.12. The summed E-state index contributed by atoms with van der Waals surface area (Å²) in [6, 6.07) is 10.3. The van der Waals surface area contributed by atoms with E-state index in [1.807, 2.05) is 12.1 Å². The van der Waals surface area contributed by atoms with Crippen LogP contribution in [0.15, 0.2) is 42.9 Å². The Labute approximate surface area is 147 Å². The number of nitrogens with zero attached hydrogens (tertiary/aromatic N) is 2. The Morgan fingerprint density at radius 1 is 1.16 bits per heavy atom. The van der Waals surface area contributed by atoms with Crippen LogP contribution in [0.5, 0.6) is 0 Å². The predicted octanol–water partition coefficient (Wildman–Crippen LogP) is 3.20. The van der Waals surface area contributed by atoms with E-state index in [9.17, 15) is 0 Å². The third kappa shape index (κ3) is 3.91. The number of ether oxygens (including phenoxy) is 1. The summed E-state index contributed by atoms with van der Waals surface area (Å²) in [4.78, 5) is 11.9. The Hall–Kier alpha value is -2.60. The molecule has 1 saturated heterocycles. The van der Waals surface area contributed by atoms with Crippen LogP contribution in [-0.4, -0.2) is 40.8 Å². The zero-order valence-corrected chi connectivity index (χ0v) is 14.2. The summed E-state index contributed by atoms with van der Waals surface area (Å²) in [5.41, 5.74) is 2.49. The Morgan fingerprint density at radius 2 is 2.04 bits per heavy atom. The number of hydrogen-bond acceptors (Lipinski definition) is 5. The summed E-state index contributed by atoms with van der Waals surface area (Å²) in [6.45, 7) is 2.49. The Kier molecular flexibility index (Phi) is 4.79. The molecule has 1 unspecified atom stereocenters. The summed E-state index contributed by atoms with van der Waals surface area (Å²) in [6.07, 6.45) is 7.18. The van der Waals surface area contributed by atoms with E-state index in [1.165, 1.54) is 16.5 Å². The van der Waals surface area contributed by atoms with Crippen LogP contribution in [0.25, 0.3) is 10.9 Å². The SMILES string of the molecule is c1ccc2c(CCNc3cc(NCC4CCCO4)ncn3)c[nH]c2c1. The van der Waals surface area contributed by atoms with Crippen molar-refractivity contribution in [3.8, 4) is 0 Å². The maximum Gasteiger partial charge on any atom is 0.131 e. The van der Waals surface area contributed by atoms with Crippen LogP contribution in [0.2, 0.25) is 0 Å². The van der Waals surface area contributed by atoms with Gasteiger partial charge in [-0.15, -0.1) is 0 Å². The normalized spacial score (nSPS) is 17.0. The van der Waals surface area contributed by atoms with Gasteiger partial charge in [-0.1, -0.05) is 18.2 Å². The van der Waals surface area contributed by atoms with Crippen LogP contribution in [0.1, 0.15) is 18.4 Å². The molecule has 1 fully saturated rings. The van der Waals surface area contributed by atoms with Crippen LogP contribution in [0.4, 0.5) is 11.6 Å². The number of para-hydroxylation sites is 1. The van der Waals surface area contributed by atoms with Crippen LogP contribution in [-0.2, 0) is 11.2 Å². The third-order valence-corrected chi connectivity index (χ3v) is 4.58. The number of hydrogen-bond donors (Lipinski definition) is 3. The van der Waals surface area contributed by atoms with Crippen molar-refractivity contribution >= 4 is 22.5 Å². The summed E-state index contributed by atoms with van der Waals surface area (Å²) < 4.78 is 5.62. The standard InChI is InChI=1S/C19H23N5O/c1-2-6-17-16(5-1)14(11-21-17)7-8-20-18-10-19(24-13-23-18)22-12-15-4-3-9-25-15/h1-2,5-6,10-11,13,15,21H,3-4,7-9,12H2,(H2,20,22,23,24). The van der Waals surface area contributed by atoms with Gasteiger partial charge in [0.2, 0.25) is 0 Å². The number of rotatable bonds is 7. The molecule has 0 saturated carbocycles. The number of benzene rings is 1. The molecule has 0 bridgehead atoms. The molecule has 3 aromatic rings. The fourth-order valence-electron chi connectivity index (χ4n) is 3.24. The fraction of sp³-hybridized carbons (Fsp3) is 0.368. The van der Waals surface area contributed by atoms with Gasteiger partial charge in [-0.25, -0.2) is 9.97 Å². The highest BCUT2D eigenvalue weighted by Gasteiger charge is 2.15. The molecule has 3 heterocycles. The lowest BCUT2D eigenvalue weighted by molar-refractivity contribution is 0.120. The first-order valence-corrected chi connectivity index (χ1v) is 8.85. The molecule has 0 amide bonds. The summed E-state index contributed by atoms with van der Waals surface area (Å²) in [5, 5.41) is 8.00. The van der Waals surface area contributed by atoms with Gasteiger partial charge in [-0.3, -0.25) is 0 Å². The number of nitrogens with one attached hydrogen (secondary N) is 3. The summed E-state index contributed by atoms with van der Waals surface area (Å²) in [7, 11) is 0. The van der Waals surface area contributed by atoms with Gasteiger partial charge in [0.15, 0.2) is 0 Å². The molecule has 3 N–H and O–H groups in total. The highest BCUT2D eigenvalue weighted by atomic mass is 16.5. The quantitative estimate of drug-likeness (QED) is 0.617. The fourth-order valence-corrected chi connectivity index (χ4v) is 3.24. The van der Waals surface area contributed by atoms with Crippen molar-refractivity contribution in [2.75, 3.05) is 30.3 Å². The van der Waals surface area contributed by atoms with Gasteiger partial charge in [0.1, 0.15) is 18.0 Å². The first-order valence-electron chi connectivity index (χ1n) is 8.85. The average molecular weight is 337 g/mol. The molecule has 0 aliphatic carbocycles. The van der Waals surface area contributed by atoms with Crippen molar-refractivity contribution in [1.29, 1.82) is 0 Å². The highest BCUT2D eigenvalue weighted by molar-refractivity contribution is 5.83. The van der Waals surface area contributed by atoms with E-state index in [0.29, 0.717) is 6.10 Å². The van der Waals surface area contributed by atoms with E-state index >= 15 is 0 Å². The number of fused-ring (bicyclic) bond motifs is 1. The van der Waals surface area contributed by atoms with Crippen molar-refractivity contribution in [3.05, 3.63) is 48.4 Å². The van der Waals surface area contributed by atoms with E-state index < -0.39 is 0 Å². The van der Waals surface area contributed by atoms with E-state index in [1.54, 1.807) is 6.33 Å². The molecule has 130 valence electrons. The molecule has 6 heteroatoms.